The molecule has 0 aliphatic carbocycles. The zero-order chi connectivity index (χ0) is 29.3. The van der Waals surface area contributed by atoms with Gasteiger partial charge in [-0.15, -0.1) is 0 Å². The summed E-state index contributed by atoms with van der Waals surface area (Å²) in [6, 6.07) is 26.0. The van der Waals surface area contributed by atoms with Crippen molar-refractivity contribution in [3.05, 3.63) is 102 Å². The smallest absolute Gasteiger partial charge is 0.327 e. The molecule has 3 aromatic carbocycles. The van der Waals surface area contributed by atoms with Crippen molar-refractivity contribution in [3.63, 3.8) is 0 Å². The van der Waals surface area contributed by atoms with Gasteiger partial charge in [0.05, 0.1) is 32.7 Å². The third-order valence-corrected chi connectivity index (χ3v) is 7.95. The largest absolute Gasteiger partial charge is 0.497 e. The van der Waals surface area contributed by atoms with Gasteiger partial charge in [-0.05, 0) is 42.7 Å². The molecule has 1 unspecified atom stereocenters. The van der Waals surface area contributed by atoms with Crippen LogP contribution in [0.3, 0.4) is 0 Å². The number of nitrogens with zero attached hydrogens (tertiary/aromatic N) is 2. The lowest BCUT2D eigenvalue weighted by Gasteiger charge is -2.44. The fourth-order valence-corrected chi connectivity index (χ4v) is 5.90. The van der Waals surface area contributed by atoms with Crippen LogP contribution in [0.15, 0.2) is 84.9 Å². The average Bonchev–Trinajstić information content (AvgIpc) is 3.48. The molecule has 0 N–H and O–H groups in total. The second kappa shape index (κ2) is 11.9. The summed E-state index contributed by atoms with van der Waals surface area (Å²) in [6.45, 7) is 4.47. The molecule has 42 heavy (non-hydrogen) atoms. The molecule has 3 heterocycles. The molecule has 0 aromatic heterocycles. The van der Waals surface area contributed by atoms with Crippen LogP contribution in [0, 0.1) is 0 Å². The van der Waals surface area contributed by atoms with Crippen LogP contribution in [-0.4, -0.2) is 65.3 Å². The molecular weight excluding hydrogens is 536 g/mol. The average molecular weight is 573 g/mol. The van der Waals surface area contributed by atoms with E-state index in [0.29, 0.717) is 6.61 Å². The van der Waals surface area contributed by atoms with Gasteiger partial charge in [-0.1, -0.05) is 72.8 Å². The number of benzene rings is 3. The van der Waals surface area contributed by atoms with Crippen molar-refractivity contribution in [2.75, 3.05) is 7.11 Å². The highest BCUT2D eigenvalue weighted by Crippen LogP contribution is 2.42. The first-order valence-electron chi connectivity index (χ1n) is 14.3. The number of carbonyl (C=O) groups excluding carboxylic acids is 2. The maximum absolute atomic E-state index is 14.1. The molecule has 3 amide bonds. The van der Waals surface area contributed by atoms with E-state index in [-0.39, 0.29) is 31.4 Å². The normalized spacial score (nSPS) is 26.9. The Morgan fingerprint density at radius 1 is 0.810 bits per heavy atom. The van der Waals surface area contributed by atoms with Crippen LogP contribution in [0.25, 0.3) is 0 Å². The Kier molecular flexibility index (Phi) is 8.00. The lowest BCUT2D eigenvalue weighted by atomic mass is 9.95. The minimum absolute atomic E-state index is 0.0768. The number of imide groups is 1. The lowest BCUT2D eigenvalue weighted by Crippen LogP contribution is -2.61. The number of amides is 3. The first-order valence-corrected chi connectivity index (χ1v) is 14.3. The van der Waals surface area contributed by atoms with Crippen molar-refractivity contribution in [1.82, 2.24) is 9.80 Å². The van der Waals surface area contributed by atoms with Crippen molar-refractivity contribution < 1.29 is 33.3 Å². The van der Waals surface area contributed by atoms with E-state index in [1.165, 1.54) is 4.90 Å². The predicted molar refractivity (Wildman–Crippen MR) is 153 cm³/mol. The number of ether oxygens (including phenoxy) is 5. The fourth-order valence-electron chi connectivity index (χ4n) is 5.90. The molecule has 6 rings (SSSR count). The van der Waals surface area contributed by atoms with Gasteiger partial charge in [-0.2, -0.15) is 0 Å². The third kappa shape index (κ3) is 5.91. The lowest BCUT2D eigenvalue weighted by molar-refractivity contribution is -0.227. The number of fused-ring (bicyclic) bond motifs is 1. The minimum atomic E-state index is -0.845. The number of methoxy groups -OCH3 is 1. The Bertz CT molecular complexity index is 1380. The highest BCUT2D eigenvalue weighted by atomic mass is 16.8. The number of hydrogen-bond donors (Lipinski definition) is 0. The van der Waals surface area contributed by atoms with Gasteiger partial charge in [-0.3, -0.25) is 9.69 Å². The molecule has 0 saturated carbocycles. The van der Waals surface area contributed by atoms with Crippen LogP contribution < -0.4 is 4.74 Å². The molecule has 9 nitrogen and oxygen atoms in total. The van der Waals surface area contributed by atoms with Crippen LogP contribution in [0.4, 0.5) is 4.79 Å². The second-order valence-corrected chi connectivity index (χ2v) is 11.3. The van der Waals surface area contributed by atoms with Gasteiger partial charge in [-0.25, -0.2) is 4.79 Å². The SMILES string of the molecule is COc1ccc(CN2C(=O)N(Cc3ccccc3)C(=O)CC2[C@H]2O[C@@H]3OC(C)(C)O[C@@H]3[C@H]2OCc2ccccc2)cc1. The molecule has 0 radical (unpaired) electrons. The highest BCUT2D eigenvalue weighted by Gasteiger charge is 2.59. The summed E-state index contributed by atoms with van der Waals surface area (Å²) in [4.78, 5) is 30.8. The quantitative estimate of drug-likeness (QED) is 0.361. The Morgan fingerprint density at radius 3 is 2.12 bits per heavy atom. The van der Waals surface area contributed by atoms with Gasteiger partial charge < -0.3 is 28.6 Å². The van der Waals surface area contributed by atoms with Gasteiger partial charge in [0, 0.05) is 6.54 Å². The molecule has 3 fully saturated rings. The zero-order valence-corrected chi connectivity index (χ0v) is 24.1. The first kappa shape index (κ1) is 28.4. The highest BCUT2D eigenvalue weighted by molar-refractivity contribution is 5.97. The number of hydrogen-bond acceptors (Lipinski definition) is 7. The molecule has 5 atom stereocenters. The van der Waals surface area contributed by atoms with Crippen molar-refractivity contribution >= 4 is 11.9 Å². The number of urea groups is 1. The summed E-state index contributed by atoms with van der Waals surface area (Å²) in [5.41, 5.74) is 2.77. The Labute approximate surface area is 245 Å². The number of rotatable bonds is 9. The van der Waals surface area contributed by atoms with E-state index in [1.54, 1.807) is 12.0 Å². The van der Waals surface area contributed by atoms with Crippen molar-refractivity contribution in [1.29, 1.82) is 0 Å². The molecule has 3 aliphatic rings. The Balaban J connectivity index is 1.31. The van der Waals surface area contributed by atoms with Crippen LogP contribution in [-0.2, 0) is 43.4 Å². The van der Waals surface area contributed by atoms with E-state index in [9.17, 15) is 9.59 Å². The minimum Gasteiger partial charge on any atom is -0.497 e. The molecule has 3 saturated heterocycles. The van der Waals surface area contributed by atoms with Crippen LogP contribution in [0.2, 0.25) is 0 Å². The first-order chi connectivity index (χ1) is 20.3. The predicted octanol–water partition coefficient (Wildman–Crippen LogP) is 4.88. The summed E-state index contributed by atoms with van der Waals surface area (Å²) < 4.78 is 30.6. The van der Waals surface area contributed by atoms with Crippen LogP contribution >= 0.6 is 0 Å². The summed E-state index contributed by atoms with van der Waals surface area (Å²) in [6.07, 6.45) is -2.33. The van der Waals surface area contributed by atoms with Gasteiger partial charge in [0.15, 0.2) is 12.1 Å². The van der Waals surface area contributed by atoms with Gasteiger partial charge in [0.2, 0.25) is 5.91 Å². The van der Waals surface area contributed by atoms with Crippen molar-refractivity contribution in [3.8, 4) is 5.75 Å². The molecule has 220 valence electrons. The van der Waals surface area contributed by atoms with Crippen LogP contribution in [0.5, 0.6) is 5.75 Å². The monoisotopic (exact) mass is 572 g/mol. The summed E-state index contributed by atoms with van der Waals surface area (Å²) in [5.74, 6) is -0.383. The standard InChI is InChI=1S/C33H36N2O7/c1-33(2)41-30-29(39-21-24-12-8-5-9-13-24)28(40-31(30)42-33)26-18-27(36)35(20-22-10-6-4-7-11-22)32(37)34(26)19-23-14-16-25(38-3)17-15-23/h4-17,26,28-31H,18-21H2,1-3H3/t26?,28-,29+,30-,31-/m1/s1. The molecular formula is C33H36N2O7. The summed E-state index contributed by atoms with van der Waals surface area (Å²) in [7, 11) is 1.61. The van der Waals surface area contributed by atoms with E-state index in [4.69, 9.17) is 23.7 Å². The van der Waals surface area contributed by atoms with Crippen molar-refractivity contribution in [2.45, 2.75) is 76.4 Å². The molecule has 3 aliphatic heterocycles. The molecule has 0 bridgehead atoms. The maximum Gasteiger partial charge on any atom is 0.327 e. The van der Waals surface area contributed by atoms with E-state index in [0.717, 1.165) is 22.4 Å². The zero-order valence-electron chi connectivity index (χ0n) is 24.1. The maximum atomic E-state index is 14.1. The van der Waals surface area contributed by atoms with E-state index in [2.05, 4.69) is 0 Å². The summed E-state index contributed by atoms with van der Waals surface area (Å²) in [5, 5.41) is 0. The Morgan fingerprint density at radius 2 is 1.45 bits per heavy atom. The van der Waals surface area contributed by atoms with E-state index >= 15 is 0 Å². The van der Waals surface area contributed by atoms with E-state index in [1.807, 2.05) is 98.8 Å². The van der Waals surface area contributed by atoms with E-state index < -0.39 is 36.4 Å². The molecule has 9 heteroatoms. The van der Waals surface area contributed by atoms with Gasteiger partial charge in [0.1, 0.15) is 24.1 Å². The molecule has 3 aromatic rings. The van der Waals surface area contributed by atoms with Crippen LogP contribution in [0.1, 0.15) is 37.0 Å². The topological polar surface area (TPSA) is 86.8 Å². The van der Waals surface area contributed by atoms with Crippen molar-refractivity contribution in [2.24, 2.45) is 0 Å². The van der Waals surface area contributed by atoms with Gasteiger partial charge >= 0.3 is 6.03 Å². The summed E-state index contributed by atoms with van der Waals surface area (Å²) >= 11 is 0. The third-order valence-electron chi connectivity index (χ3n) is 7.95. The Hall–Kier alpha value is -3.76. The van der Waals surface area contributed by atoms with Gasteiger partial charge in [0.25, 0.3) is 0 Å². The second-order valence-electron chi connectivity index (χ2n) is 11.3. The fraction of sp³-hybridized carbons (Fsp3) is 0.394. The number of carbonyl (C=O) groups is 2. The molecule has 0 spiro atoms.